The lowest BCUT2D eigenvalue weighted by atomic mass is 9.98. The highest BCUT2D eigenvalue weighted by atomic mass is 16.5. The molecule has 8 atom stereocenters. The quantitative estimate of drug-likeness (QED) is 0.0465. The molecule has 2 aliphatic heterocycles. The molecular formula is C37H68O8. The largest absolute Gasteiger partial charge is 0.455 e. The minimum atomic E-state index is -0.601. The van der Waals surface area contributed by atoms with E-state index in [4.69, 9.17) is 9.47 Å². The van der Waals surface area contributed by atoms with Crippen molar-refractivity contribution in [3.63, 3.8) is 0 Å². The van der Waals surface area contributed by atoms with Crippen LogP contribution >= 0.6 is 0 Å². The maximum absolute atomic E-state index is 11.7. The molecule has 264 valence electrons. The number of aliphatic hydroxyl groups excluding tert-OH is 5. The molecule has 0 spiro atoms. The monoisotopic (exact) mass is 640 g/mol. The average molecular weight is 641 g/mol. The SMILES string of the molecule is CCCCCCCCCC[C@H](O)[C@H]1CC[C@@H]([C@H](O)CCCCC[C@H](O)CCCC[C@H](O)CCC[C@H](O)CC2=C[C@@H](C)OC2=O)O1. The van der Waals surface area contributed by atoms with Crippen molar-refractivity contribution < 1.29 is 39.8 Å². The summed E-state index contributed by atoms with van der Waals surface area (Å²) in [4.78, 5) is 11.7. The van der Waals surface area contributed by atoms with Gasteiger partial charge in [0.25, 0.3) is 0 Å². The van der Waals surface area contributed by atoms with Crippen molar-refractivity contribution in [2.24, 2.45) is 0 Å². The smallest absolute Gasteiger partial charge is 0.334 e. The molecule has 0 aromatic heterocycles. The van der Waals surface area contributed by atoms with Gasteiger partial charge >= 0.3 is 5.97 Å². The molecule has 0 amide bonds. The minimum absolute atomic E-state index is 0.143. The third-order valence-electron chi connectivity index (χ3n) is 9.68. The number of aliphatic hydroxyl groups is 5. The summed E-state index contributed by atoms with van der Waals surface area (Å²) in [5, 5.41) is 52.0. The zero-order valence-electron chi connectivity index (χ0n) is 28.6. The van der Waals surface area contributed by atoms with Crippen molar-refractivity contribution in [3.8, 4) is 0 Å². The van der Waals surface area contributed by atoms with E-state index in [0.29, 0.717) is 44.1 Å². The van der Waals surface area contributed by atoms with Gasteiger partial charge < -0.3 is 35.0 Å². The topological polar surface area (TPSA) is 137 Å². The number of cyclic esters (lactones) is 1. The molecule has 0 saturated carbocycles. The molecule has 0 aliphatic carbocycles. The summed E-state index contributed by atoms with van der Waals surface area (Å²) in [6, 6.07) is 0. The minimum Gasteiger partial charge on any atom is -0.455 e. The number of hydrogen-bond acceptors (Lipinski definition) is 8. The highest BCUT2D eigenvalue weighted by Crippen LogP contribution is 2.28. The summed E-state index contributed by atoms with van der Waals surface area (Å²) >= 11 is 0. The lowest BCUT2D eigenvalue weighted by Gasteiger charge is -2.22. The molecule has 2 heterocycles. The van der Waals surface area contributed by atoms with Crippen LogP contribution < -0.4 is 0 Å². The number of hydrogen-bond donors (Lipinski definition) is 5. The summed E-state index contributed by atoms with van der Waals surface area (Å²) in [6.07, 6.45) is 21.0. The molecule has 0 bridgehead atoms. The summed E-state index contributed by atoms with van der Waals surface area (Å²) in [5.41, 5.74) is 0.541. The standard InChI is InChI=1S/C37H68O8/c1-3-4-5-6-7-8-9-12-22-33(41)35-24-25-36(45-35)34(42)23-13-10-11-17-30(38)18-14-15-19-31(39)20-16-21-32(40)27-29-26-28(2)44-37(29)43/h26,28,30-36,38-42H,3-25,27H2,1-2H3/t28-,30+,31+,32+,33+,34-,35-,36+/m1/s1. The lowest BCUT2D eigenvalue weighted by Crippen LogP contribution is -2.31. The first-order chi connectivity index (χ1) is 21.7. The van der Waals surface area contributed by atoms with Gasteiger partial charge in [-0.1, -0.05) is 90.4 Å². The van der Waals surface area contributed by atoms with Gasteiger partial charge in [0.2, 0.25) is 0 Å². The molecule has 1 fully saturated rings. The van der Waals surface area contributed by atoms with Crippen LogP contribution in [0.4, 0.5) is 0 Å². The van der Waals surface area contributed by atoms with Gasteiger partial charge in [0.1, 0.15) is 6.10 Å². The summed E-state index contributed by atoms with van der Waals surface area (Å²) in [5.74, 6) is -0.341. The first kappa shape index (κ1) is 40.1. The number of unbranched alkanes of at least 4 members (excludes halogenated alkanes) is 10. The zero-order chi connectivity index (χ0) is 32.9. The van der Waals surface area contributed by atoms with Crippen LogP contribution in [0.5, 0.6) is 0 Å². The van der Waals surface area contributed by atoms with E-state index in [1.807, 2.05) is 0 Å². The fourth-order valence-corrected chi connectivity index (χ4v) is 6.80. The van der Waals surface area contributed by atoms with Crippen molar-refractivity contribution in [1.29, 1.82) is 0 Å². The van der Waals surface area contributed by atoms with E-state index in [9.17, 15) is 30.3 Å². The molecule has 5 N–H and O–H groups in total. The van der Waals surface area contributed by atoms with E-state index in [0.717, 1.165) is 70.6 Å². The second-order valence-electron chi connectivity index (χ2n) is 14.0. The summed E-state index contributed by atoms with van der Waals surface area (Å²) in [7, 11) is 0. The Bertz CT molecular complexity index is 788. The highest BCUT2D eigenvalue weighted by Gasteiger charge is 2.34. The van der Waals surface area contributed by atoms with Crippen LogP contribution in [0.15, 0.2) is 11.6 Å². The zero-order valence-corrected chi connectivity index (χ0v) is 28.6. The van der Waals surface area contributed by atoms with Gasteiger partial charge in [0.15, 0.2) is 0 Å². The van der Waals surface area contributed by atoms with Crippen LogP contribution in [0.1, 0.15) is 168 Å². The summed E-state index contributed by atoms with van der Waals surface area (Å²) in [6.45, 7) is 4.04. The molecule has 0 aromatic carbocycles. The van der Waals surface area contributed by atoms with Crippen LogP contribution in [0.2, 0.25) is 0 Å². The first-order valence-corrected chi connectivity index (χ1v) is 18.7. The first-order valence-electron chi connectivity index (χ1n) is 18.7. The third kappa shape index (κ3) is 18.2. The normalized spacial score (nSPS) is 23.5. The van der Waals surface area contributed by atoms with Crippen molar-refractivity contribution in [1.82, 2.24) is 0 Å². The summed E-state index contributed by atoms with van der Waals surface area (Å²) < 4.78 is 11.1. The molecule has 8 nitrogen and oxygen atoms in total. The number of carbonyl (C=O) groups excluding carboxylic acids is 1. The Morgan fingerprint density at radius 2 is 1.04 bits per heavy atom. The molecular weight excluding hydrogens is 572 g/mol. The highest BCUT2D eigenvalue weighted by molar-refractivity contribution is 5.90. The van der Waals surface area contributed by atoms with Crippen LogP contribution in [0.25, 0.3) is 0 Å². The van der Waals surface area contributed by atoms with Crippen molar-refractivity contribution in [2.45, 2.75) is 217 Å². The molecule has 45 heavy (non-hydrogen) atoms. The predicted octanol–water partition coefficient (Wildman–Crippen LogP) is 6.81. The Kier molecular flexibility index (Phi) is 21.6. The van der Waals surface area contributed by atoms with Crippen molar-refractivity contribution in [2.75, 3.05) is 0 Å². The van der Waals surface area contributed by atoms with E-state index in [-0.39, 0.29) is 30.4 Å². The van der Waals surface area contributed by atoms with Gasteiger partial charge in [0, 0.05) is 12.0 Å². The van der Waals surface area contributed by atoms with Gasteiger partial charge in [-0.25, -0.2) is 4.79 Å². The maximum atomic E-state index is 11.7. The van der Waals surface area contributed by atoms with Crippen LogP contribution in [-0.4, -0.2) is 80.3 Å². The van der Waals surface area contributed by atoms with Gasteiger partial charge in [-0.05, 0) is 77.2 Å². The van der Waals surface area contributed by atoms with Crippen LogP contribution in [0, 0.1) is 0 Å². The molecule has 1 saturated heterocycles. The van der Waals surface area contributed by atoms with Crippen LogP contribution in [0.3, 0.4) is 0 Å². The fourth-order valence-electron chi connectivity index (χ4n) is 6.80. The third-order valence-corrected chi connectivity index (χ3v) is 9.68. The maximum Gasteiger partial charge on any atom is 0.334 e. The molecule has 2 aliphatic rings. The Morgan fingerprint density at radius 3 is 1.56 bits per heavy atom. The Hall–Kier alpha value is -1.03. The van der Waals surface area contributed by atoms with Gasteiger partial charge in [0.05, 0.1) is 42.7 Å². The van der Waals surface area contributed by atoms with Gasteiger partial charge in [-0.2, -0.15) is 0 Å². The van der Waals surface area contributed by atoms with E-state index in [1.54, 1.807) is 13.0 Å². The second kappa shape index (κ2) is 24.2. The average Bonchev–Trinajstić information content (AvgIpc) is 3.62. The molecule has 0 unspecified atom stereocenters. The van der Waals surface area contributed by atoms with Crippen molar-refractivity contribution in [3.05, 3.63) is 11.6 Å². The fraction of sp³-hybridized carbons (Fsp3) is 0.919. The number of rotatable bonds is 28. The Morgan fingerprint density at radius 1 is 0.622 bits per heavy atom. The van der Waals surface area contributed by atoms with E-state index >= 15 is 0 Å². The molecule has 8 heteroatoms. The lowest BCUT2D eigenvalue weighted by molar-refractivity contribution is -0.139. The number of ether oxygens (including phenoxy) is 2. The van der Waals surface area contributed by atoms with Crippen molar-refractivity contribution >= 4 is 5.97 Å². The molecule has 2 rings (SSSR count). The Labute approximate surface area is 274 Å². The van der Waals surface area contributed by atoms with E-state index in [2.05, 4.69) is 6.92 Å². The van der Waals surface area contributed by atoms with Gasteiger partial charge in [-0.3, -0.25) is 0 Å². The predicted molar refractivity (Wildman–Crippen MR) is 179 cm³/mol. The van der Waals surface area contributed by atoms with E-state index < -0.39 is 24.4 Å². The Balaban J connectivity index is 1.40. The molecule has 0 aromatic rings. The number of esters is 1. The van der Waals surface area contributed by atoms with E-state index in [1.165, 1.54) is 44.9 Å². The van der Waals surface area contributed by atoms with Gasteiger partial charge in [-0.15, -0.1) is 0 Å². The number of carbonyl (C=O) groups is 1. The molecule has 0 radical (unpaired) electrons. The van der Waals surface area contributed by atoms with Crippen LogP contribution in [-0.2, 0) is 14.3 Å². The second-order valence-corrected chi connectivity index (χ2v) is 14.0.